The Labute approximate surface area is 131 Å². The molecule has 1 saturated heterocycles. The van der Waals surface area contributed by atoms with Gasteiger partial charge in [-0.25, -0.2) is 0 Å². The van der Waals surface area contributed by atoms with Crippen molar-refractivity contribution >= 4 is 17.5 Å². The Morgan fingerprint density at radius 3 is 2.64 bits per heavy atom. The van der Waals surface area contributed by atoms with Crippen molar-refractivity contribution in [2.24, 2.45) is 5.41 Å². The Hall–Kier alpha value is -1.88. The van der Waals surface area contributed by atoms with Crippen LogP contribution in [0.15, 0.2) is 24.3 Å². The molecule has 2 amide bonds. The van der Waals surface area contributed by atoms with Gasteiger partial charge in [0.1, 0.15) is 0 Å². The fourth-order valence-electron chi connectivity index (χ4n) is 2.21. The van der Waals surface area contributed by atoms with Gasteiger partial charge >= 0.3 is 0 Å². The second kappa shape index (κ2) is 6.92. The lowest BCUT2D eigenvalue weighted by molar-refractivity contribution is -0.123. The zero-order chi connectivity index (χ0) is 16.2. The SMILES string of the molecule is CC(C)(C)C(=O)Nc1ccccc1C(=O)NC[C@H]1CCCO1. The number of ether oxygens (including phenoxy) is 1. The highest BCUT2D eigenvalue weighted by atomic mass is 16.5. The monoisotopic (exact) mass is 304 g/mol. The number of carbonyl (C=O) groups excluding carboxylic acids is 2. The summed E-state index contributed by atoms with van der Waals surface area (Å²) in [5.41, 5.74) is 0.492. The Balaban J connectivity index is 2.03. The first-order chi connectivity index (χ1) is 10.4. The third kappa shape index (κ3) is 4.31. The quantitative estimate of drug-likeness (QED) is 0.898. The van der Waals surface area contributed by atoms with E-state index in [0.717, 1.165) is 19.4 Å². The minimum absolute atomic E-state index is 0.0975. The lowest BCUT2D eigenvalue weighted by atomic mass is 9.95. The second-order valence-electron chi connectivity index (χ2n) is 6.59. The summed E-state index contributed by atoms with van der Waals surface area (Å²) in [6.07, 6.45) is 2.11. The topological polar surface area (TPSA) is 67.4 Å². The molecule has 0 saturated carbocycles. The van der Waals surface area contributed by atoms with Gasteiger partial charge < -0.3 is 15.4 Å². The van der Waals surface area contributed by atoms with Crippen molar-refractivity contribution in [1.29, 1.82) is 0 Å². The van der Waals surface area contributed by atoms with E-state index in [1.54, 1.807) is 24.3 Å². The maximum atomic E-state index is 12.3. The van der Waals surface area contributed by atoms with E-state index in [2.05, 4.69) is 10.6 Å². The Kier molecular flexibility index (Phi) is 5.19. The summed E-state index contributed by atoms with van der Waals surface area (Å²) in [7, 11) is 0. The summed E-state index contributed by atoms with van der Waals surface area (Å²) in [4.78, 5) is 24.4. The Morgan fingerprint density at radius 1 is 1.27 bits per heavy atom. The zero-order valence-electron chi connectivity index (χ0n) is 13.4. The average molecular weight is 304 g/mol. The van der Waals surface area contributed by atoms with Crippen molar-refractivity contribution in [3.05, 3.63) is 29.8 Å². The third-order valence-corrected chi connectivity index (χ3v) is 3.62. The van der Waals surface area contributed by atoms with Crippen LogP contribution in [0.5, 0.6) is 0 Å². The van der Waals surface area contributed by atoms with Gasteiger partial charge in [-0.15, -0.1) is 0 Å². The molecule has 0 spiro atoms. The van der Waals surface area contributed by atoms with Crippen LogP contribution in [0.1, 0.15) is 44.0 Å². The Morgan fingerprint density at radius 2 is 2.00 bits per heavy atom. The lowest BCUT2D eigenvalue weighted by Gasteiger charge is -2.19. The lowest BCUT2D eigenvalue weighted by Crippen LogP contribution is -2.33. The molecule has 0 bridgehead atoms. The standard InChI is InChI=1S/C17H24N2O3/c1-17(2,3)16(21)19-14-9-5-4-8-13(14)15(20)18-11-12-7-6-10-22-12/h4-5,8-9,12H,6-7,10-11H2,1-3H3,(H,18,20)(H,19,21)/t12-/m1/s1. The molecule has 0 aromatic heterocycles. The average Bonchev–Trinajstić information content (AvgIpc) is 2.97. The summed E-state index contributed by atoms with van der Waals surface area (Å²) in [5.74, 6) is -0.313. The number of nitrogens with one attached hydrogen (secondary N) is 2. The molecule has 1 fully saturated rings. The molecule has 2 rings (SSSR count). The largest absolute Gasteiger partial charge is 0.376 e. The predicted molar refractivity (Wildman–Crippen MR) is 85.8 cm³/mol. The summed E-state index contributed by atoms with van der Waals surface area (Å²) in [5, 5.41) is 5.71. The number of hydrogen-bond acceptors (Lipinski definition) is 3. The molecule has 0 radical (unpaired) electrons. The molecule has 1 heterocycles. The van der Waals surface area contributed by atoms with Crippen LogP contribution in [-0.4, -0.2) is 31.1 Å². The first-order valence-electron chi connectivity index (χ1n) is 7.68. The van der Waals surface area contributed by atoms with E-state index in [1.807, 2.05) is 20.8 Å². The van der Waals surface area contributed by atoms with Gasteiger partial charge in [-0.2, -0.15) is 0 Å². The molecule has 1 aromatic rings. The second-order valence-corrected chi connectivity index (χ2v) is 6.59. The number of para-hydroxylation sites is 1. The van der Waals surface area contributed by atoms with E-state index in [-0.39, 0.29) is 17.9 Å². The fourth-order valence-corrected chi connectivity index (χ4v) is 2.21. The first-order valence-corrected chi connectivity index (χ1v) is 7.68. The van der Waals surface area contributed by atoms with Crippen molar-refractivity contribution in [2.45, 2.75) is 39.7 Å². The van der Waals surface area contributed by atoms with Gasteiger partial charge in [0, 0.05) is 18.6 Å². The number of carbonyl (C=O) groups is 2. The predicted octanol–water partition coefficient (Wildman–Crippen LogP) is 2.58. The van der Waals surface area contributed by atoms with Crippen LogP contribution < -0.4 is 10.6 Å². The smallest absolute Gasteiger partial charge is 0.253 e. The molecule has 1 aliphatic heterocycles. The number of anilines is 1. The van der Waals surface area contributed by atoms with E-state index in [4.69, 9.17) is 4.74 Å². The number of hydrogen-bond donors (Lipinski definition) is 2. The summed E-state index contributed by atoms with van der Waals surface area (Å²) in [6, 6.07) is 7.04. The summed E-state index contributed by atoms with van der Waals surface area (Å²) in [6.45, 7) is 6.77. The molecule has 2 N–H and O–H groups in total. The van der Waals surface area contributed by atoms with Crippen LogP contribution in [0.3, 0.4) is 0 Å². The molecular formula is C17H24N2O3. The van der Waals surface area contributed by atoms with Gasteiger partial charge in [-0.1, -0.05) is 32.9 Å². The molecule has 1 atom stereocenters. The highest BCUT2D eigenvalue weighted by molar-refractivity contribution is 6.04. The van der Waals surface area contributed by atoms with Gasteiger partial charge in [-0.3, -0.25) is 9.59 Å². The van der Waals surface area contributed by atoms with Gasteiger partial charge in [0.25, 0.3) is 5.91 Å². The molecular weight excluding hydrogens is 280 g/mol. The summed E-state index contributed by atoms with van der Waals surface area (Å²) >= 11 is 0. The van der Waals surface area contributed by atoms with E-state index < -0.39 is 5.41 Å². The van der Waals surface area contributed by atoms with Gasteiger partial charge in [0.2, 0.25) is 5.91 Å². The first kappa shape index (κ1) is 16.5. The highest BCUT2D eigenvalue weighted by Crippen LogP contribution is 2.20. The Bertz CT molecular complexity index is 543. The highest BCUT2D eigenvalue weighted by Gasteiger charge is 2.23. The maximum absolute atomic E-state index is 12.3. The fraction of sp³-hybridized carbons (Fsp3) is 0.529. The molecule has 1 aliphatic rings. The van der Waals surface area contributed by atoms with Crippen molar-refractivity contribution in [3.63, 3.8) is 0 Å². The molecule has 5 nitrogen and oxygen atoms in total. The number of rotatable bonds is 4. The number of amides is 2. The van der Waals surface area contributed by atoms with Gasteiger partial charge in [0.05, 0.1) is 17.4 Å². The number of benzene rings is 1. The van der Waals surface area contributed by atoms with Crippen LogP contribution in [0.4, 0.5) is 5.69 Å². The molecule has 0 aliphatic carbocycles. The molecule has 5 heteroatoms. The third-order valence-electron chi connectivity index (χ3n) is 3.62. The van der Waals surface area contributed by atoms with Crippen molar-refractivity contribution < 1.29 is 14.3 Å². The van der Waals surface area contributed by atoms with Crippen molar-refractivity contribution in [1.82, 2.24) is 5.32 Å². The van der Waals surface area contributed by atoms with Crippen LogP contribution in [0.25, 0.3) is 0 Å². The van der Waals surface area contributed by atoms with E-state index >= 15 is 0 Å². The van der Waals surface area contributed by atoms with Crippen LogP contribution in [0.2, 0.25) is 0 Å². The van der Waals surface area contributed by atoms with Crippen LogP contribution in [0, 0.1) is 5.41 Å². The minimum atomic E-state index is -0.513. The molecule has 120 valence electrons. The maximum Gasteiger partial charge on any atom is 0.253 e. The van der Waals surface area contributed by atoms with E-state index in [9.17, 15) is 9.59 Å². The van der Waals surface area contributed by atoms with E-state index in [0.29, 0.717) is 17.8 Å². The minimum Gasteiger partial charge on any atom is -0.376 e. The van der Waals surface area contributed by atoms with Crippen molar-refractivity contribution in [3.8, 4) is 0 Å². The molecule has 22 heavy (non-hydrogen) atoms. The van der Waals surface area contributed by atoms with E-state index in [1.165, 1.54) is 0 Å². The molecule has 1 aromatic carbocycles. The van der Waals surface area contributed by atoms with Gasteiger partial charge in [-0.05, 0) is 25.0 Å². The zero-order valence-corrected chi connectivity index (χ0v) is 13.4. The normalized spacial score (nSPS) is 18.0. The van der Waals surface area contributed by atoms with Crippen molar-refractivity contribution in [2.75, 3.05) is 18.5 Å². The summed E-state index contributed by atoms with van der Waals surface area (Å²) < 4.78 is 5.49. The van der Waals surface area contributed by atoms with Gasteiger partial charge in [0.15, 0.2) is 0 Å². The van der Waals surface area contributed by atoms with Crippen LogP contribution >= 0.6 is 0 Å². The molecule has 0 unspecified atom stereocenters. The van der Waals surface area contributed by atoms with Crippen LogP contribution in [-0.2, 0) is 9.53 Å².